The van der Waals surface area contributed by atoms with Crippen LogP contribution in [0.3, 0.4) is 0 Å². The third-order valence-corrected chi connectivity index (χ3v) is 3.57. The lowest BCUT2D eigenvalue weighted by atomic mass is 9.80. The van der Waals surface area contributed by atoms with Crippen LogP contribution in [-0.2, 0) is 5.41 Å². The first-order valence-corrected chi connectivity index (χ1v) is 5.46. The molecule has 1 aliphatic carbocycles. The molecular formula is C13H17FO. The van der Waals surface area contributed by atoms with Crippen LogP contribution in [0.25, 0.3) is 0 Å². The van der Waals surface area contributed by atoms with Gasteiger partial charge in [-0.05, 0) is 48.8 Å². The molecule has 1 aliphatic rings. The summed E-state index contributed by atoms with van der Waals surface area (Å²) in [7, 11) is 0. The second-order valence-electron chi connectivity index (χ2n) is 4.92. The maximum absolute atomic E-state index is 13.1. The molecule has 0 heterocycles. The van der Waals surface area contributed by atoms with Gasteiger partial charge in [0.25, 0.3) is 0 Å². The molecule has 1 nitrogen and oxygen atoms in total. The lowest BCUT2D eigenvalue weighted by Crippen LogP contribution is -2.19. The van der Waals surface area contributed by atoms with Crippen molar-refractivity contribution in [1.82, 2.24) is 0 Å². The van der Waals surface area contributed by atoms with E-state index in [1.807, 2.05) is 12.1 Å². The third kappa shape index (κ3) is 1.91. The molecular weight excluding hydrogens is 191 g/mol. The largest absolute Gasteiger partial charge is 0.393 e. The number of aryl methyl sites for hydroxylation is 1. The number of halogens is 1. The van der Waals surface area contributed by atoms with E-state index < -0.39 is 0 Å². The van der Waals surface area contributed by atoms with E-state index in [0.29, 0.717) is 5.56 Å². The van der Waals surface area contributed by atoms with E-state index in [9.17, 15) is 9.50 Å². The first-order valence-electron chi connectivity index (χ1n) is 5.46. The fraction of sp³-hybridized carbons (Fsp3) is 0.538. The Morgan fingerprint density at radius 3 is 2.73 bits per heavy atom. The Bertz CT molecular complexity index is 375. The summed E-state index contributed by atoms with van der Waals surface area (Å²) in [5.41, 5.74) is 1.87. The summed E-state index contributed by atoms with van der Waals surface area (Å²) in [5.74, 6) is -0.152. The minimum Gasteiger partial charge on any atom is -0.393 e. The normalized spacial score (nSPS) is 30.8. The zero-order valence-electron chi connectivity index (χ0n) is 9.26. The van der Waals surface area contributed by atoms with E-state index in [1.54, 1.807) is 6.92 Å². The number of benzene rings is 1. The summed E-state index contributed by atoms with van der Waals surface area (Å²) in [6.45, 7) is 3.93. The number of hydrogen-bond donors (Lipinski definition) is 1. The number of aliphatic hydroxyl groups excluding tert-OH is 1. The molecule has 0 bridgehead atoms. The number of rotatable bonds is 1. The molecule has 0 aliphatic heterocycles. The van der Waals surface area contributed by atoms with E-state index in [0.717, 1.165) is 24.8 Å². The van der Waals surface area contributed by atoms with E-state index >= 15 is 0 Å². The molecule has 0 amide bonds. The molecule has 0 spiro atoms. The van der Waals surface area contributed by atoms with Crippen molar-refractivity contribution in [3.63, 3.8) is 0 Å². The van der Waals surface area contributed by atoms with Gasteiger partial charge < -0.3 is 5.11 Å². The van der Waals surface area contributed by atoms with Crippen LogP contribution in [0.1, 0.15) is 37.3 Å². The van der Waals surface area contributed by atoms with Crippen LogP contribution in [-0.4, -0.2) is 11.2 Å². The maximum Gasteiger partial charge on any atom is 0.126 e. The van der Waals surface area contributed by atoms with Crippen LogP contribution in [0.2, 0.25) is 0 Å². The van der Waals surface area contributed by atoms with Crippen LogP contribution >= 0.6 is 0 Å². The average Bonchev–Trinajstić information content (AvgIpc) is 2.52. The van der Waals surface area contributed by atoms with Gasteiger partial charge in [0.05, 0.1) is 6.10 Å². The first kappa shape index (κ1) is 10.6. The zero-order valence-corrected chi connectivity index (χ0v) is 9.26. The summed E-state index contributed by atoms with van der Waals surface area (Å²) >= 11 is 0. The maximum atomic E-state index is 13.1. The van der Waals surface area contributed by atoms with E-state index in [-0.39, 0.29) is 17.3 Å². The molecule has 15 heavy (non-hydrogen) atoms. The molecule has 0 radical (unpaired) electrons. The van der Waals surface area contributed by atoms with Gasteiger partial charge in [0.1, 0.15) is 5.82 Å². The van der Waals surface area contributed by atoms with Gasteiger partial charge in [-0.25, -0.2) is 4.39 Å². The van der Waals surface area contributed by atoms with Crippen molar-refractivity contribution in [1.29, 1.82) is 0 Å². The lowest BCUT2D eigenvalue weighted by molar-refractivity contribution is 0.175. The Hall–Kier alpha value is -0.890. The van der Waals surface area contributed by atoms with Crippen LogP contribution in [0.15, 0.2) is 18.2 Å². The van der Waals surface area contributed by atoms with Gasteiger partial charge in [0.15, 0.2) is 0 Å². The van der Waals surface area contributed by atoms with E-state index in [1.165, 1.54) is 6.07 Å². The monoisotopic (exact) mass is 208 g/mol. The fourth-order valence-corrected chi connectivity index (χ4v) is 2.49. The summed E-state index contributed by atoms with van der Waals surface area (Å²) < 4.78 is 13.1. The number of hydrogen-bond acceptors (Lipinski definition) is 1. The summed E-state index contributed by atoms with van der Waals surface area (Å²) in [6.07, 6.45) is 2.44. The molecule has 0 aromatic heterocycles. The highest BCUT2D eigenvalue weighted by molar-refractivity contribution is 5.31. The Morgan fingerprint density at radius 1 is 1.47 bits per heavy atom. The van der Waals surface area contributed by atoms with Crippen molar-refractivity contribution in [3.05, 3.63) is 35.1 Å². The minimum atomic E-state index is -0.194. The van der Waals surface area contributed by atoms with Crippen molar-refractivity contribution >= 4 is 0 Å². The van der Waals surface area contributed by atoms with E-state index in [4.69, 9.17) is 0 Å². The standard InChI is InChI=1S/C13H17FO/c1-9-7-10(3-4-12(9)14)13(2)6-5-11(15)8-13/h3-4,7,11,15H,5-6,8H2,1-2H3. The van der Waals surface area contributed by atoms with Crippen LogP contribution in [0.4, 0.5) is 4.39 Å². The molecule has 2 unspecified atom stereocenters. The van der Waals surface area contributed by atoms with Gasteiger partial charge in [-0.3, -0.25) is 0 Å². The second-order valence-corrected chi connectivity index (χ2v) is 4.92. The summed E-state index contributed by atoms with van der Waals surface area (Å²) in [4.78, 5) is 0. The molecule has 1 aromatic carbocycles. The molecule has 1 N–H and O–H groups in total. The van der Waals surface area contributed by atoms with E-state index in [2.05, 4.69) is 6.92 Å². The van der Waals surface area contributed by atoms with Crippen molar-refractivity contribution in [2.24, 2.45) is 0 Å². The lowest BCUT2D eigenvalue weighted by Gasteiger charge is -2.24. The SMILES string of the molecule is Cc1cc(C2(C)CCC(O)C2)ccc1F. The third-order valence-electron chi connectivity index (χ3n) is 3.57. The van der Waals surface area contributed by atoms with Crippen LogP contribution in [0, 0.1) is 12.7 Å². The smallest absolute Gasteiger partial charge is 0.126 e. The Morgan fingerprint density at radius 2 is 2.20 bits per heavy atom. The van der Waals surface area contributed by atoms with Crippen LogP contribution < -0.4 is 0 Å². The van der Waals surface area contributed by atoms with Crippen molar-refractivity contribution in [2.75, 3.05) is 0 Å². The van der Waals surface area contributed by atoms with Gasteiger partial charge in [0.2, 0.25) is 0 Å². The predicted octanol–water partition coefficient (Wildman–Crippen LogP) is 2.94. The molecule has 2 atom stereocenters. The van der Waals surface area contributed by atoms with Gasteiger partial charge in [-0.1, -0.05) is 19.1 Å². The molecule has 0 saturated heterocycles. The Kier molecular flexibility index (Phi) is 2.55. The van der Waals surface area contributed by atoms with Gasteiger partial charge in [-0.2, -0.15) is 0 Å². The van der Waals surface area contributed by atoms with Crippen molar-refractivity contribution in [3.8, 4) is 0 Å². The Balaban J connectivity index is 2.33. The van der Waals surface area contributed by atoms with Gasteiger partial charge >= 0.3 is 0 Å². The summed E-state index contributed by atoms with van der Waals surface area (Å²) in [5, 5.41) is 9.58. The van der Waals surface area contributed by atoms with Crippen molar-refractivity contribution in [2.45, 2.75) is 44.6 Å². The Labute approximate surface area is 89.9 Å². The molecule has 1 fully saturated rings. The van der Waals surface area contributed by atoms with Crippen LogP contribution in [0.5, 0.6) is 0 Å². The average molecular weight is 208 g/mol. The quantitative estimate of drug-likeness (QED) is 0.752. The summed E-state index contributed by atoms with van der Waals surface area (Å²) in [6, 6.07) is 5.29. The van der Waals surface area contributed by atoms with Gasteiger partial charge in [0, 0.05) is 0 Å². The highest BCUT2D eigenvalue weighted by Crippen LogP contribution is 2.41. The minimum absolute atomic E-state index is 0.0257. The topological polar surface area (TPSA) is 20.2 Å². The molecule has 1 aromatic rings. The highest BCUT2D eigenvalue weighted by atomic mass is 19.1. The molecule has 2 heteroatoms. The predicted molar refractivity (Wildman–Crippen MR) is 58.3 cm³/mol. The number of aliphatic hydroxyl groups is 1. The first-order chi connectivity index (χ1) is 7.01. The van der Waals surface area contributed by atoms with Gasteiger partial charge in [-0.15, -0.1) is 0 Å². The fourth-order valence-electron chi connectivity index (χ4n) is 2.49. The molecule has 2 rings (SSSR count). The second kappa shape index (κ2) is 3.60. The zero-order chi connectivity index (χ0) is 11.1. The highest BCUT2D eigenvalue weighted by Gasteiger charge is 2.35. The van der Waals surface area contributed by atoms with Crippen molar-refractivity contribution < 1.29 is 9.50 Å². The molecule has 82 valence electrons. The molecule has 1 saturated carbocycles.